The monoisotopic (exact) mass is 266 g/mol. The first kappa shape index (κ1) is 12.5. The van der Waals surface area contributed by atoms with Crippen molar-refractivity contribution in [2.24, 2.45) is 0 Å². The van der Waals surface area contributed by atoms with Crippen molar-refractivity contribution in [3.63, 3.8) is 0 Å². The van der Waals surface area contributed by atoms with Gasteiger partial charge in [0.1, 0.15) is 11.6 Å². The average Bonchev–Trinajstić information content (AvgIpc) is 2.49. The van der Waals surface area contributed by atoms with E-state index >= 15 is 0 Å². The van der Waals surface area contributed by atoms with Gasteiger partial charge in [-0.15, -0.1) is 0 Å². The molecule has 0 saturated heterocycles. The Labute approximate surface area is 116 Å². The Morgan fingerprint density at radius 2 is 1.20 bits per heavy atom. The lowest BCUT2D eigenvalue weighted by Gasteiger charge is -2.07. The maximum Gasteiger partial charge on any atom is 0.131 e. The molecule has 98 valence electrons. The number of halogens is 2. The van der Waals surface area contributed by atoms with E-state index in [0.29, 0.717) is 11.1 Å². The van der Waals surface area contributed by atoms with Crippen LogP contribution in [0.4, 0.5) is 8.78 Å². The van der Waals surface area contributed by atoms with Crippen LogP contribution in [0, 0.1) is 11.6 Å². The van der Waals surface area contributed by atoms with Crippen LogP contribution in [0.1, 0.15) is 0 Å². The number of benzene rings is 3. The topological polar surface area (TPSA) is 0 Å². The fourth-order valence-electron chi connectivity index (χ4n) is 2.19. The second-order valence-electron chi connectivity index (χ2n) is 4.57. The molecule has 3 aromatic carbocycles. The SMILES string of the molecule is Fc1ccc(-c2ccc(-c3ccccc3)cc2F)cc1. The smallest absolute Gasteiger partial charge is 0.131 e. The molecule has 0 bridgehead atoms. The summed E-state index contributed by atoms with van der Waals surface area (Å²) in [6.45, 7) is 0. The summed E-state index contributed by atoms with van der Waals surface area (Å²) >= 11 is 0. The first-order valence-corrected chi connectivity index (χ1v) is 6.35. The maximum absolute atomic E-state index is 14.2. The molecule has 0 heterocycles. The van der Waals surface area contributed by atoms with Gasteiger partial charge < -0.3 is 0 Å². The summed E-state index contributed by atoms with van der Waals surface area (Å²) in [5.41, 5.74) is 2.94. The van der Waals surface area contributed by atoms with Crippen LogP contribution in [0.5, 0.6) is 0 Å². The number of hydrogen-bond acceptors (Lipinski definition) is 0. The molecule has 0 atom stereocenters. The molecule has 3 aromatic rings. The Bertz CT molecular complexity index is 716. The van der Waals surface area contributed by atoms with Gasteiger partial charge in [-0.05, 0) is 34.9 Å². The molecule has 0 spiro atoms. The minimum Gasteiger partial charge on any atom is -0.207 e. The highest BCUT2D eigenvalue weighted by molar-refractivity contribution is 5.70. The lowest BCUT2D eigenvalue weighted by atomic mass is 10.00. The predicted octanol–water partition coefficient (Wildman–Crippen LogP) is 5.30. The first-order valence-electron chi connectivity index (χ1n) is 6.35. The van der Waals surface area contributed by atoms with E-state index in [1.165, 1.54) is 18.2 Å². The molecule has 0 N–H and O–H groups in total. The van der Waals surface area contributed by atoms with Gasteiger partial charge in [-0.3, -0.25) is 0 Å². The van der Waals surface area contributed by atoms with Crippen molar-refractivity contribution in [2.45, 2.75) is 0 Å². The van der Waals surface area contributed by atoms with Gasteiger partial charge in [0, 0.05) is 5.56 Å². The predicted molar refractivity (Wildman–Crippen MR) is 77.2 cm³/mol. The zero-order valence-electron chi connectivity index (χ0n) is 10.7. The molecular formula is C18H12F2. The summed E-state index contributed by atoms with van der Waals surface area (Å²) in [7, 11) is 0. The molecule has 0 radical (unpaired) electrons. The molecule has 0 aliphatic carbocycles. The van der Waals surface area contributed by atoms with Gasteiger partial charge in [-0.25, -0.2) is 8.78 Å². The molecule has 0 nitrogen and oxygen atoms in total. The van der Waals surface area contributed by atoms with Gasteiger partial charge in [0.05, 0.1) is 0 Å². The Balaban J connectivity index is 2.02. The van der Waals surface area contributed by atoms with Crippen molar-refractivity contribution in [3.8, 4) is 22.3 Å². The fourth-order valence-corrected chi connectivity index (χ4v) is 2.19. The second-order valence-corrected chi connectivity index (χ2v) is 4.57. The summed E-state index contributed by atoms with van der Waals surface area (Å²) in [5, 5.41) is 0. The molecular weight excluding hydrogens is 254 g/mol. The average molecular weight is 266 g/mol. The highest BCUT2D eigenvalue weighted by Gasteiger charge is 2.07. The summed E-state index contributed by atoms with van der Waals surface area (Å²) in [6, 6.07) is 20.6. The molecule has 0 unspecified atom stereocenters. The Morgan fingerprint density at radius 1 is 0.550 bits per heavy atom. The minimum atomic E-state index is -0.324. The molecule has 0 amide bonds. The zero-order chi connectivity index (χ0) is 13.9. The molecule has 0 aromatic heterocycles. The highest BCUT2D eigenvalue weighted by atomic mass is 19.1. The lowest BCUT2D eigenvalue weighted by Crippen LogP contribution is -1.87. The van der Waals surface area contributed by atoms with Crippen molar-refractivity contribution in [1.29, 1.82) is 0 Å². The molecule has 3 rings (SSSR count). The van der Waals surface area contributed by atoms with Crippen LogP contribution < -0.4 is 0 Å². The van der Waals surface area contributed by atoms with E-state index in [-0.39, 0.29) is 11.6 Å². The van der Waals surface area contributed by atoms with Gasteiger partial charge in [-0.2, -0.15) is 0 Å². The van der Waals surface area contributed by atoms with Gasteiger partial charge >= 0.3 is 0 Å². The standard InChI is InChI=1S/C18H12F2/c19-16-9-6-14(7-10-16)17-11-8-15(12-18(17)20)13-4-2-1-3-5-13/h1-12H. The molecule has 0 aliphatic heterocycles. The van der Waals surface area contributed by atoms with Crippen LogP contribution in [0.25, 0.3) is 22.3 Å². The Kier molecular flexibility index (Phi) is 3.30. The van der Waals surface area contributed by atoms with Crippen molar-refractivity contribution in [1.82, 2.24) is 0 Å². The van der Waals surface area contributed by atoms with Crippen molar-refractivity contribution in [2.75, 3.05) is 0 Å². The summed E-state index contributed by atoms with van der Waals surface area (Å²) in [4.78, 5) is 0. The van der Waals surface area contributed by atoms with E-state index in [9.17, 15) is 8.78 Å². The van der Waals surface area contributed by atoms with E-state index in [1.807, 2.05) is 36.4 Å². The van der Waals surface area contributed by atoms with Gasteiger partial charge in [0.15, 0.2) is 0 Å². The van der Waals surface area contributed by atoms with E-state index < -0.39 is 0 Å². The number of rotatable bonds is 2. The third kappa shape index (κ3) is 2.45. The summed E-state index contributed by atoms with van der Waals surface area (Å²) in [5.74, 6) is -0.631. The normalized spacial score (nSPS) is 10.5. The number of hydrogen-bond donors (Lipinski definition) is 0. The first-order chi connectivity index (χ1) is 9.74. The van der Waals surface area contributed by atoms with Crippen LogP contribution in [-0.2, 0) is 0 Å². The fraction of sp³-hybridized carbons (Fsp3) is 0. The van der Waals surface area contributed by atoms with Crippen molar-refractivity contribution >= 4 is 0 Å². The van der Waals surface area contributed by atoms with Crippen LogP contribution >= 0.6 is 0 Å². The van der Waals surface area contributed by atoms with Gasteiger partial charge in [0.2, 0.25) is 0 Å². The quantitative estimate of drug-likeness (QED) is 0.590. The minimum absolute atomic E-state index is 0.307. The summed E-state index contributed by atoms with van der Waals surface area (Å²) in [6.07, 6.45) is 0. The van der Waals surface area contributed by atoms with Crippen molar-refractivity contribution < 1.29 is 8.78 Å². The molecule has 2 heteroatoms. The molecule has 20 heavy (non-hydrogen) atoms. The zero-order valence-corrected chi connectivity index (χ0v) is 10.7. The summed E-state index contributed by atoms with van der Waals surface area (Å²) < 4.78 is 27.1. The Morgan fingerprint density at radius 3 is 1.85 bits per heavy atom. The van der Waals surface area contributed by atoms with E-state index in [2.05, 4.69) is 0 Å². The van der Waals surface area contributed by atoms with E-state index in [4.69, 9.17) is 0 Å². The lowest BCUT2D eigenvalue weighted by molar-refractivity contribution is 0.626. The third-order valence-electron chi connectivity index (χ3n) is 3.23. The van der Waals surface area contributed by atoms with Gasteiger partial charge in [0.25, 0.3) is 0 Å². The second kappa shape index (κ2) is 5.25. The molecule has 0 aliphatic rings. The highest BCUT2D eigenvalue weighted by Crippen LogP contribution is 2.27. The van der Waals surface area contributed by atoms with Crippen LogP contribution in [0.2, 0.25) is 0 Å². The van der Waals surface area contributed by atoms with E-state index in [0.717, 1.165) is 11.1 Å². The van der Waals surface area contributed by atoms with Crippen LogP contribution in [0.3, 0.4) is 0 Å². The third-order valence-corrected chi connectivity index (χ3v) is 3.23. The molecule has 0 fully saturated rings. The Hall–Kier alpha value is -2.48. The van der Waals surface area contributed by atoms with Crippen molar-refractivity contribution in [3.05, 3.63) is 84.4 Å². The maximum atomic E-state index is 14.2. The van der Waals surface area contributed by atoms with Gasteiger partial charge in [-0.1, -0.05) is 54.6 Å². The van der Waals surface area contributed by atoms with Crippen LogP contribution in [0.15, 0.2) is 72.8 Å². The van der Waals surface area contributed by atoms with E-state index in [1.54, 1.807) is 18.2 Å². The largest absolute Gasteiger partial charge is 0.207 e. The molecule has 0 saturated carbocycles. The van der Waals surface area contributed by atoms with Crippen LogP contribution in [-0.4, -0.2) is 0 Å².